The van der Waals surface area contributed by atoms with Gasteiger partial charge in [0.2, 0.25) is 0 Å². The van der Waals surface area contributed by atoms with E-state index in [2.05, 4.69) is 5.32 Å². The van der Waals surface area contributed by atoms with Crippen LogP contribution in [-0.2, 0) is 4.79 Å². The molecule has 0 aromatic heterocycles. The summed E-state index contributed by atoms with van der Waals surface area (Å²) in [5.74, 6) is -0.743. The number of aliphatic hydroxyl groups excluding tert-OH is 1. The number of benzene rings is 1. The molecule has 2 amide bonds. The number of carbonyl (C=O) groups excluding carboxylic acids is 1. The van der Waals surface area contributed by atoms with Gasteiger partial charge in [-0.3, -0.25) is 4.79 Å². The zero-order valence-electron chi connectivity index (χ0n) is 13.7. The van der Waals surface area contributed by atoms with Crippen LogP contribution in [-0.4, -0.2) is 52.9 Å². The van der Waals surface area contributed by atoms with Gasteiger partial charge in [-0.25, -0.2) is 4.79 Å². The largest absolute Gasteiger partial charge is 0.481 e. The number of aliphatic hydroxyl groups is 1. The van der Waals surface area contributed by atoms with Crippen molar-refractivity contribution in [3.63, 3.8) is 0 Å². The second kappa shape index (κ2) is 9.84. The lowest BCUT2D eigenvalue weighted by Gasteiger charge is -2.31. The number of carboxylic acids is 1. The minimum absolute atomic E-state index is 0.0241. The molecule has 23 heavy (non-hydrogen) atoms. The fraction of sp³-hybridized carbons (Fsp3) is 0.529. The third-order valence-corrected chi connectivity index (χ3v) is 3.74. The number of carboxylic acid groups (broad SMARTS) is 1. The smallest absolute Gasteiger partial charge is 0.317 e. The first-order valence-electron chi connectivity index (χ1n) is 7.87. The maximum absolute atomic E-state index is 12.3. The van der Waals surface area contributed by atoms with E-state index in [0.717, 1.165) is 5.56 Å². The van der Waals surface area contributed by atoms with Gasteiger partial charge in [-0.1, -0.05) is 37.3 Å². The number of rotatable bonds is 9. The van der Waals surface area contributed by atoms with Gasteiger partial charge in [-0.15, -0.1) is 0 Å². The minimum atomic E-state index is -0.877. The topological polar surface area (TPSA) is 89.9 Å². The fourth-order valence-electron chi connectivity index (χ4n) is 2.28. The maximum Gasteiger partial charge on any atom is 0.317 e. The summed E-state index contributed by atoms with van der Waals surface area (Å²) in [6.45, 7) is 4.48. The third kappa shape index (κ3) is 6.69. The lowest BCUT2D eigenvalue weighted by atomic mass is 10.0. The van der Waals surface area contributed by atoms with Crippen LogP contribution in [0.5, 0.6) is 0 Å². The maximum atomic E-state index is 12.3. The number of aliphatic carboxylic acids is 1. The van der Waals surface area contributed by atoms with E-state index in [1.54, 1.807) is 11.8 Å². The molecule has 0 saturated heterocycles. The third-order valence-electron chi connectivity index (χ3n) is 3.74. The zero-order chi connectivity index (χ0) is 17.2. The highest BCUT2D eigenvalue weighted by molar-refractivity contribution is 5.74. The molecule has 0 spiro atoms. The molecule has 1 aromatic rings. The van der Waals surface area contributed by atoms with E-state index in [4.69, 9.17) is 5.11 Å². The highest BCUT2D eigenvalue weighted by atomic mass is 16.4. The number of nitrogens with one attached hydrogen (secondary N) is 1. The molecule has 3 N–H and O–H groups in total. The van der Waals surface area contributed by atoms with Gasteiger partial charge in [0.1, 0.15) is 0 Å². The SMILES string of the molecule is CC(CN(C(=O)NCCCC(=O)O)[C@@H](C)CO)c1ccccc1. The molecule has 0 aliphatic heterocycles. The molecule has 1 unspecified atom stereocenters. The van der Waals surface area contributed by atoms with Gasteiger partial charge in [0.15, 0.2) is 0 Å². The highest BCUT2D eigenvalue weighted by Crippen LogP contribution is 2.17. The molecule has 1 aromatic carbocycles. The zero-order valence-corrected chi connectivity index (χ0v) is 13.7. The van der Waals surface area contributed by atoms with Crippen molar-refractivity contribution >= 4 is 12.0 Å². The molecule has 6 heteroatoms. The molecular formula is C17H26N2O4. The first-order valence-corrected chi connectivity index (χ1v) is 7.87. The van der Waals surface area contributed by atoms with Crippen LogP contribution in [0.3, 0.4) is 0 Å². The van der Waals surface area contributed by atoms with Crippen LogP contribution in [0.25, 0.3) is 0 Å². The van der Waals surface area contributed by atoms with Crippen LogP contribution in [0.1, 0.15) is 38.2 Å². The van der Waals surface area contributed by atoms with E-state index in [1.807, 2.05) is 37.3 Å². The van der Waals surface area contributed by atoms with Crippen molar-refractivity contribution in [1.82, 2.24) is 10.2 Å². The van der Waals surface area contributed by atoms with E-state index in [0.29, 0.717) is 19.5 Å². The average Bonchev–Trinajstić information content (AvgIpc) is 2.56. The minimum Gasteiger partial charge on any atom is -0.481 e. The molecule has 2 atom stereocenters. The van der Waals surface area contributed by atoms with Crippen LogP contribution in [0, 0.1) is 0 Å². The number of nitrogens with zero attached hydrogens (tertiary/aromatic N) is 1. The number of amides is 2. The Hall–Kier alpha value is -2.08. The summed E-state index contributed by atoms with van der Waals surface area (Å²) in [7, 11) is 0. The molecule has 0 radical (unpaired) electrons. The Bertz CT molecular complexity index is 493. The van der Waals surface area contributed by atoms with E-state index in [9.17, 15) is 14.7 Å². The Morgan fingerprint density at radius 3 is 2.43 bits per heavy atom. The van der Waals surface area contributed by atoms with Crippen molar-refractivity contribution < 1.29 is 19.8 Å². The van der Waals surface area contributed by atoms with Gasteiger partial charge in [0, 0.05) is 19.5 Å². The summed E-state index contributed by atoms with van der Waals surface area (Å²) in [5.41, 5.74) is 1.13. The van der Waals surface area contributed by atoms with Gasteiger partial charge in [-0.05, 0) is 24.8 Å². The van der Waals surface area contributed by atoms with Crippen molar-refractivity contribution in [2.45, 2.75) is 38.6 Å². The first kappa shape index (κ1) is 19.0. The monoisotopic (exact) mass is 322 g/mol. The summed E-state index contributed by atoms with van der Waals surface area (Å²) in [4.78, 5) is 24.4. The lowest BCUT2D eigenvalue weighted by Crippen LogP contribution is -2.48. The second-order valence-corrected chi connectivity index (χ2v) is 5.72. The van der Waals surface area contributed by atoms with Crippen LogP contribution >= 0.6 is 0 Å². The average molecular weight is 322 g/mol. The van der Waals surface area contributed by atoms with Crippen molar-refractivity contribution in [1.29, 1.82) is 0 Å². The molecule has 0 bridgehead atoms. The summed E-state index contributed by atoms with van der Waals surface area (Å²) < 4.78 is 0. The van der Waals surface area contributed by atoms with E-state index < -0.39 is 5.97 Å². The first-order chi connectivity index (χ1) is 11.0. The molecule has 0 aliphatic rings. The molecule has 0 heterocycles. The molecule has 0 fully saturated rings. The van der Waals surface area contributed by atoms with Gasteiger partial charge >= 0.3 is 12.0 Å². The molecule has 6 nitrogen and oxygen atoms in total. The van der Waals surface area contributed by atoms with Gasteiger partial charge < -0.3 is 20.4 Å². The normalized spacial score (nSPS) is 13.2. The second-order valence-electron chi connectivity index (χ2n) is 5.72. The van der Waals surface area contributed by atoms with Crippen LogP contribution < -0.4 is 5.32 Å². The summed E-state index contributed by atoms with van der Waals surface area (Å²) in [5, 5.41) is 20.7. The van der Waals surface area contributed by atoms with Crippen molar-refractivity contribution in [3.05, 3.63) is 35.9 Å². The summed E-state index contributed by atoms with van der Waals surface area (Å²) >= 11 is 0. The van der Waals surface area contributed by atoms with Crippen molar-refractivity contribution in [3.8, 4) is 0 Å². The fourth-order valence-corrected chi connectivity index (χ4v) is 2.28. The van der Waals surface area contributed by atoms with Crippen LogP contribution in [0.2, 0.25) is 0 Å². The Morgan fingerprint density at radius 1 is 1.22 bits per heavy atom. The molecule has 0 saturated carbocycles. The summed E-state index contributed by atoms with van der Waals surface area (Å²) in [6, 6.07) is 9.30. The summed E-state index contributed by atoms with van der Waals surface area (Å²) in [6.07, 6.45) is 0.410. The number of urea groups is 1. The van der Waals surface area contributed by atoms with E-state index in [1.165, 1.54) is 0 Å². The molecular weight excluding hydrogens is 296 g/mol. The highest BCUT2D eigenvalue weighted by Gasteiger charge is 2.22. The predicted molar refractivity (Wildman–Crippen MR) is 88.4 cm³/mol. The molecule has 0 aliphatic carbocycles. The Kier molecular flexibility index (Phi) is 8.11. The van der Waals surface area contributed by atoms with E-state index >= 15 is 0 Å². The van der Waals surface area contributed by atoms with Crippen molar-refractivity contribution in [2.75, 3.05) is 19.7 Å². The number of hydrogen-bond acceptors (Lipinski definition) is 3. The van der Waals surface area contributed by atoms with Crippen LogP contribution in [0.15, 0.2) is 30.3 Å². The number of carbonyl (C=O) groups is 2. The van der Waals surface area contributed by atoms with Gasteiger partial charge in [0.25, 0.3) is 0 Å². The van der Waals surface area contributed by atoms with E-state index in [-0.39, 0.29) is 31.0 Å². The Morgan fingerprint density at radius 2 is 1.87 bits per heavy atom. The van der Waals surface area contributed by atoms with Gasteiger partial charge in [0.05, 0.1) is 12.6 Å². The number of hydrogen-bond donors (Lipinski definition) is 3. The standard InChI is InChI=1S/C17H26N2O4/c1-13(15-7-4-3-5-8-15)11-19(14(2)12-20)17(23)18-10-6-9-16(21)22/h3-5,7-8,13-14,20H,6,9-12H2,1-2H3,(H,18,23)(H,21,22)/t13?,14-/m0/s1. The lowest BCUT2D eigenvalue weighted by molar-refractivity contribution is -0.137. The van der Waals surface area contributed by atoms with Crippen molar-refractivity contribution in [2.24, 2.45) is 0 Å². The molecule has 128 valence electrons. The van der Waals surface area contributed by atoms with Gasteiger partial charge in [-0.2, -0.15) is 0 Å². The predicted octanol–water partition coefficient (Wildman–Crippen LogP) is 2.05. The van der Waals surface area contributed by atoms with Crippen LogP contribution in [0.4, 0.5) is 4.79 Å². The Balaban J connectivity index is 2.61. The quantitative estimate of drug-likeness (QED) is 0.607. The molecule has 1 rings (SSSR count). The Labute approximate surface area is 137 Å².